The summed E-state index contributed by atoms with van der Waals surface area (Å²) in [5.41, 5.74) is 1.50. The van der Waals surface area contributed by atoms with Gasteiger partial charge in [0.25, 0.3) is 5.24 Å². The Hall–Kier alpha value is -1.28. The van der Waals surface area contributed by atoms with Crippen LogP contribution in [0.15, 0.2) is 30.9 Å². The van der Waals surface area contributed by atoms with Gasteiger partial charge in [0.05, 0.1) is 0 Å². The van der Waals surface area contributed by atoms with Crippen LogP contribution in [0.5, 0.6) is 5.75 Å². The van der Waals surface area contributed by atoms with Crippen molar-refractivity contribution >= 4 is 16.8 Å². The molecule has 0 unspecified atom stereocenters. The molecule has 3 heteroatoms. The maximum absolute atomic E-state index is 11.2. The van der Waals surface area contributed by atoms with Crippen molar-refractivity contribution in [2.75, 3.05) is 6.61 Å². The van der Waals surface area contributed by atoms with Gasteiger partial charge < -0.3 is 4.74 Å². The van der Waals surface area contributed by atoms with E-state index in [9.17, 15) is 4.79 Å². The quantitative estimate of drug-likeness (QED) is 0.559. The molecular formula is C13H15ClO2. The molecule has 0 aromatic heterocycles. The minimum atomic E-state index is -0.418. The van der Waals surface area contributed by atoms with Gasteiger partial charge in [-0.2, -0.15) is 0 Å². The van der Waals surface area contributed by atoms with E-state index in [1.54, 1.807) is 18.2 Å². The lowest BCUT2D eigenvalue weighted by atomic mass is 10.0. The van der Waals surface area contributed by atoms with E-state index >= 15 is 0 Å². The molecule has 0 N–H and O–H groups in total. The summed E-state index contributed by atoms with van der Waals surface area (Å²) in [4.78, 5) is 11.2. The lowest BCUT2D eigenvalue weighted by Crippen LogP contribution is -2.00. The van der Waals surface area contributed by atoms with Gasteiger partial charge in [-0.25, -0.2) is 0 Å². The molecule has 86 valence electrons. The van der Waals surface area contributed by atoms with Crippen LogP contribution in [0.4, 0.5) is 0 Å². The Morgan fingerprint density at radius 1 is 1.56 bits per heavy atom. The first-order chi connectivity index (χ1) is 7.69. The second-order valence-electron chi connectivity index (χ2n) is 3.44. The Bertz CT molecular complexity index is 386. The highest BCUT2D eigenvalue weighted by Gasteiger charge is 2.09. The number of halogens is 1. The molecule has 0 heterocycles. The third-order valence-electron chi connectivity index (χ3n) is 2.18. The van der Waals surface area contributed by atoms with E-state index in [0.717, 1.165) is 24.2 Å². The molecule has 0 radical (unpaired) electrons. The standard InChI is InChI=1S/C13H15ClO2/c1-3-5-10-9-11(16-8-4-2)6-7-12(10)13(14)15/h4,6-7,9H,2-3,5,8H2,1H3. The minimum absolute atomic E-state index is 0.418. The average molecular weight is 239 g/mol. The summed E-state index contributed by atoms with van der Waals surface area (Å²) >= 11 is 5.50. The topological polar surface area (TPSA) is 26.3 Å². The summed E-state index contributed by atoms with van der Waals surface area (Å²) in [6.45, 7) is 6.09. The monoisotopic (exact) mass is 238 g/mol. The van der Waals surface area contributed by atoms with Crippen molar-refractivity contribution in [3.63, 3.8) is 0 Å². The van der Waals surface area contributed by atoms with Crippen LogP contribution in [0.25, 0.3) is 0 Å². The molecule has 0 aliphatic rings. The zero-order valence-electron chi connectivity index (χ0n) is 9.33. The van der Waals surface area contributed by atoms with Crippen molar-refractivity contribution in [2.45, 2.75) is 19.8 Å². The Balaban J connectivity index is 2.96. The maximum atomic E-state index is 11.2. The first-order valence-electron chi connectivity index (χ1n) is 5.25. The highest BCUT2D eigenvalue weighted by Crippen LogP contribution is 2.21. The molecule has 0 atom stereocenters. The van der Waals surface area contributed by atoms with Gasteiger partial charge in [-0.05, 0) is 41.8 Å². The van der Waals surface area contributed by atoms with E-state index < -0.39 is 5.24 Å². The summed E-state index contributed by atoms with van der Waals surface area (Å²) in [5, 5.41) is -0.418. The molecule has 1 aromatic rings. The zero-order valence-corrected chi connectivity index (χ0v) is 10.1. The minimum Gasteiger partial charge on any atom is -0.490 e. The number of benzene rings is 1. The van der Waals surface area contributed by atoms with Crippen LogP contribution < -0.4 is 4.74 Å². The van der Waals surface area contributed by atoms with Crippen molar-refractivity contribution in [1.82, 2.24) is 0 Å². The van der Waals surface area contributed by atoms with Crippen LogP contribution in [0.2, 0.25) is 0 Å². The lowest BCUT2D eigenvalue weighted by Gasteiger charge is -2.08. The molecule has 0 saturated carbocycles. The van der Waals surface area contributed by atoms with Gasteiger partial charge in [-0.1, -0.05) is 26.0 Å². The van der Waals surface area contributed by atoms with Crippen molar-refractivity contribution in [3.05, 3.63) is 42.0 Å². The molecule has 2 nitrogen and oxygen atoms in total. The van der Waals surface area contributed by atoms with Crippen molar-refractivity contribution in [3.8, 4) is 5.75 Å². The third-order valence-corrected chi connectivity index (χ3v) is 2.38. The molecule has 0 aliphatic heterocycles. The van der Waals surface area contributed by atoms with E-state index in [1.807, 2.05) is 6.07 Å². The van der Waals surface area contributed by atoms with Crippen molar-refractivity contribution in [2.24, 2.45) is 0 Å². The van der Waals surface area contributed by atoms with E-state index in [0.29, 0.717) is 12.2 Å². The van der Waals surface area contributed by atoms with Crippen LogP contribution in [-0.4, -0.2) is 11.8 Å². The summed E-state index contributed by atoms with van der Waals surface area (Å²) in [7, 11) is 0. The Morgan fingerprint density at radius 2 is 2.31 bits per heavy atom. The van der Waals surface area contributed by atoms with E-state index in [4.69, 9.17) is 16.3 Å². The molecular weight excluding hydrogens is 224 g/mol. The summed E-state index contributed by atoms with van der Waals surface area (Å²) in [6.07, 6.45) is 3.46. The zero-order chi connectivity index (χ0) is 12.0. The van der Waals surface area contributed by atoms with Gasteiger partial charge in [-0.3, -0.25) is 4.79 Å². The van der Waals surface area contributed by atoms with Gasteiger partial charge in [0, 0.05) is 5.56 Å². The summed E-state index contributed by atoms with van der Waals surface area (Å²) in [6, 6.07) is 5.32. The van der Waals surface area contributed by atoms with E-state index in [1.165, 1.54) is 0 Å². The Kier molecular flexibility index (Phi) is 5.06. The Morgan fingerprint density at radius 3 is 2.88 bits per heavy atom. The molecule has 0 amide bonds. The normalized spacial score (nSPS) is 9.88. The SMILES string of the molecule is C=CCOc1ccc(C(=O)Cl)c(CCC)c1. The fraction of sp³-hybridized carbons (Fsp3) is 0.308. The van der Waals surface area contributed by atoms with Crippen LogP contribution in [0, 0.1) is 0 Å². The van der Waals surface area contributed by atoms with E-state index in [-0.39, 0.29) is 0 Å². The highest BCUT2D eigenvalue weighted by atomic mass is 35.5. The van der Waals surface area contributed by atoms with Gasteiger partial charge in [0.15, 0.2) is 0 Å². The van der Waals surface area contributed by atoms with Gasteiger partial charge >= 0.3 is 0 Å². The molecule has 1 aromatic carbocycles. The van der Waals surface area contributed by atoms with Crippen LogP contribution in [0.3, 0.4) is 0 Å². The van der Waals surface area contributed by atoms with Gasteiger partial charge in [0.1, 0.15) is 12.4 Å². The van der Waals surface area contributed by atoms with Gasteiger partial charge in [0.2, 0.25) is 0 Å². The Labute approximate surface area is 101 Å². The van der Waals surface area contributed by atoms with Crippen LogP contribution in [-0.2, 0) is 6.42 Å². The fourth-order valence-electron chi connectivity index (χ4n) is 1.48. The average Bonchev–Trinajstić information content (AvgIpc) is 2.26. The number of hydrogen-bond acceptors (Lipinski definition) is 2. The molecule has 16 heavy (non-hydrogen) atoms. The van der Waals surface area contributed by atoms with Gasteiger partial charge in [-0.15, -0.1) is 0 Å². The van der Waals surface area contributed by atoms with Crippen molar-refractivity contribution in [1.29, 1.82) is 0 Å². The third kappa shape index (κ3) is 3.38. The summed E-state index contributed by atoms with van der Waals surface area (Å²) in [5.74, 6) is 0.741. The number of carbonyl (C=O) groups excluding carboxylic acids is 1. The molecule has 0 aliphatic carbocycles. The molecule has 1 rings (SSSR count). The van der Waals surface area contributed by atoms with Crippen LogP contribution in [0.1, 0.15) is 29.3 Å². The number of ether oxygens (including phenoxy) is 1. The second kappa shape index (κ2) is 6.33. The number of rotatable bonds is 6. The second-order valence-corrected chi connectivity index (χ2v) is 3.79. The summed E-state index contributed by atoms with van der Waals surface area (Å²) < 4.78 is 5.40. The lowest BCUT2D eigenvalue weighted by molar-refractivity contribution is 0.108. The maximum Gasteiger partial charge on any atom is 0.252 e. The fourth-order valence-corrected chi connectivity index (χ4v) is 1.67. The predicted octanol–water partition coefficient (Wildman–Crippen LogP) is 3.58. The van der Waals surface area contributed by atoms with Crippen LogP contribution >= 0.6 is 11.6 Å². The largest absolute Gasteiger partial charge is 0.490 e. The smallest absolute Gasteiger partial charge is 0.252 e. The predicted molar refractivity (Wildman–Crippen MR) is 66.3 cm³/mol. The highest BCUT2D eigenvalue weighted by molar-refractivity contribution is 6.67. The molecule has 0 bridgehead atoms. The molecule has 0 fully saturated rings. The first kappa shape index (κ1) is 12.8. The van der Waals surface area contributed by atoms with Crippen molar-refractivity contribution < 1.29 is 9.53 Å². The molecule has 0 spiro atoms. The first-order valence-corrected chi connectivity index (χ1v) is 5.63. The number of hydrogen-bond donors (Lipinski definition) is 0. The number of carbonyl (C=O) groups is 1. The van der Waals surface area contributed by atoms with E-state index in [2.05, 4.69) is 13.5 Å². The molecule has 0 saturated heterocycles. The number of aryl methyl sites for hydroxylation is 1.